The van der Waals surface area contributed by atoms with Crippen molar-refractivity contribution in [1.29, 1.82) is 5.41 Å². The van der Waals surface area contributed by atoms with E-state index in [1.54, 1.807) is 0 Å². The normalized spacial score (nSPS) is 17.2. The molecule has 1 saturated carbocycles. The van der Waals surface area contributed by atoms with Gasteiger partial charge in [-0.05, 0) is 44.7 Å². The van der Waals surface area contributed by atoms with Crippen molar-refractivity contribution in [3.05, 3.63) is 0 Å². The molecule has 0 aliphatic heterocycles. The van der Waals surface area contributed by atoms with Gasteiger partial charge in [0.2, 0.25) is 0 Å². The van der Waals surface area contributed by atoms with Crippen molar-refractivity contribution in [3.63, 3.8) is 0 Å². The predicted octanol–water partition coefficient (Wildman–Crippen LogP) is 2.85. The summed E-state index contributed by atoms with van der Waals surface area (Å²) >= 11 is 0. The van der Waals surface area contributed by atoms with Crippen molar-refractivity contribution in [2.45, 2.75) is 52.9 Å². The van der Waals surface area contributed by atoms with Gasteiger partial charge in [0.15, 0.2) is 0 Å². The highest BCUT2D eigenvalue weighted by molar-refractivity contribution is 5.82. The summed E-state index contributed by atoms with van der Waals surface area (Å²) in [6, 6.07) is 0. The molecule has 3 N–H and O–H groups in total. The summed E-state index contributed by atoms with van der Waals surface area (Å²) < 4.78 is 0. The van der Waals surface area contributed by atoms with Gasteiger partial charge in [-0.3, -0.25) is 5.41 Å². The van der Waals surface area contributed by atoms with Crippen LogP contribution >= 0.6 is 0 Å². The van der Waals surface area contributed by atoms with Crippen LogP contribution in [-0.2, 0) is 0 Å². The summed E-state index contributed by atoms with van der Waals surface area (Å²) in [6.07, 6.45) is 6.45. The number of nitrogens with two attached hydrogens (primary N) is 1. The van der Waals surface area contributed by atoms with Crippen molar-refractivity contribution >= 4 is 5.84 Å². The average Bonchev–Trinajstić information content (AvgIpc) is 2.20. The lowest BCUT2D eigenvalue weighted by molar-refractivity contribution is 0.178. The van der Waals surface area contributed by atoms with Crippen LogP contribution in [0.3, 0.4) is 0 Å². The average molecular weight is 239 g/mol. The van der Waals surface area contributed by atoms with Crippen molar-refractivity contribution in [1.82, 2.24) is 4.90 Å². The second-order valence-electron chi connectivity index (χ2n) is 6.09. The van der Waals surface area contributed by atoms with Crippen molar-refractivity contribution in [2.75, 3.05) is 19.6 Å². The van der Waals surface area contributed by atoms with E-state index in [0.717, 1.165) is 31.8 Å². The van der Waals surface area contributed by atoms with Crippen molar-refractivity contribution in [2.24, 2.45) is 17.1 Å². The zero-order chi connectivity index (χ0) is 12.9. The third-order valence-corrected chi connectivity index (χ3v) is 4.19. The topological polar surface area (TPSA) is 53.1 Å². The van der Waals surface area contributed by atoms with E-state index in [4.69, 9.17) is 11.1 Å². The minimum atomic E-state index is -0.129. The molecule has 0 aromatic carbocycles. The van der Waals surface area contributed by atoms with E-state index in [1.165, 1.54) is 25.8 Å². The highest BCUT2D eigenvalue weighted by Gasteiger charge is 2.23. The van der Waals surface area contributed by atoms with Gasteiger partial charge in [-0.15, -0.1) is 0 Å². The Morgan fingerprint density at radius 3 is 2.47 bits per heavy atom. The first-order chi connectivity index (χ1) is 7.95. The van der Waals surface area contributed by atoms with E-state index in [9.17, 15) is 0 Å². The number of nitrogens with zero attached hydrogens (tertiary/aromatic N) is 1. The molecule has 3 heteroatoms. The largest absolute Gasteiger partial charge is 0.387 e. The molecular weight excluding hydrogens is 210 g/mol. The Balaban J connectivity index is 2.20. The molecule has 0 aromatic heterocycles. The van der Waals surface area contributed by atoms with Gasteiger partial charge in [0.25, 0.3) is 0 Å². The molecule has 0 amide bonds. The van der Waals surface area contributed by atoms with Crippen LogP contribution in [0.1, 0.15) is 52.9 Å². The Morgan fingerprint density at radius 1 is 1.41 bits per heavy atom. The molecule has 0 heterocycles. The fraction of sp³-hybridized carbons (Fsp3) is 0.929. The molecule has 1 fully saturated rings. The second-order valence-corrected chi connectivity index (χ2v) is 6.09. The molecule has 0 spiro atoms. The van der Waals surface area contributed by atoms with Gasteiger partial charge in [0, 0.05) is 12.0 Å². The molecule has 0 saturated heterocycles. The first kappa shape index (κ1) is 14.5. The molecule has 0 bridgehead atoms. The predicted molar refractivity (Wildman–Crippen MR) is 74.4 cm³/mol. The summed E-state index contributed by atoms with van der Waals surface area (Å²) in [5.74, 6) is 1.27. The molecule has 3 nitrogen and oxygen atoms in total. The lowest BCUT2D eigenvalue weighted by Crippen LogP contribution is -2.35. The molecule has 0 radical (unpaired) electrons. The van der Waals surface area contributed by atoms with E-state index in [0.29, 0.717) is 5.84 Å². The zero-order valence-electron chi connectivity index (χ0n) is 11.8. The number of rotatable bonds is 8. The van der Waals surface area contributed by atoms with Gasteiger partial charge >= 0.3 is 0 Å². The van der Waals surface area contributed by atoms with E-state index < -0.39 is 0 Å². The van der Waals surface area contributed by atoms with Crippen LogP contribution in [0.5, 0.6) is 0 Å². The maximum absolute atomic E-state index is 7.54. The lowest BCUT2D eigenvalue weighted by atomic mass is 9.84. The van der Waals surface area contributed by atoms with Crippen molar-refractivity contribution in [3.8, 4) is 0 Å². The van der Waals surface area contributed by atoms with Crippen LogP contribution in [0.25, 0.3) is 0 Å². The number of hydrogen-bond donors (Lipinski definition) is 2. The molecule has 0 aromatic rings. The highest BCUT2D eigenvalue weighted by atomic mass is 15.1. The Bertz CT molecular complexity index is 244. The first-order valence-electron chi connectivity index (χ1n) is 7.02. The van der Waals surface area contributed by atoms with Gasteiger partial charge in [0.1, 0.15) is 0 Å². The molecule has 1 aliphatic rings. The van der Waals surface area contributed by atoms with Crippen LogP contribution in [-0.4, -0.2) is 30.4 Å². The molecule has 0 unspecified atom stereocenters. The van der Waals surface area contributed by atoms with Crippen LogP contribution in [0, 0.1) is 16.7 Å². The maximum atomic E-state index is 7.54. The van der Waals surface area contributed by atoms with E-state index in [-0.39, 0.29) is 5.41 Å². The second kappa shape index (κ2) is 6.39. The van der Waals surface area contributed by atoms with E-state index in [2.05, 4.69) is 25.7 Å². The van der Waals surface area contributed by atoms with Gasteiger partial charge in [-0.1, -0.05) is 27.2 Å². The standard InChI is InChI=1S/C14H29N3/c1-4-17(11-12-7-5-8-12)10-6-9-14(2,3)13(15)16/h12H,4-11H2,1-3H3,(H3,15,16). The molecule has 1 aliphatic carbocycles. The van der Waals surface area contributed by atoms with Crippen molar-refractivity contribution < 1.29 is 0 Å². The number of hydrogen-bond acceptors (Lipinski definition) is 2. The maximum Gasteiger partial charge on any atom is 0.0963 e. The van der Waals surface area contributed by atoms with Gasteiger partial charge < -0.3 is 10.6 Å². The third-order valence-electron chi connectivity index (χ3n) is 4.19. The van der Waals surface area contributed by atoms with Crippen LogP contribution < -0.4 is 5.73 Å². The SMILES string of the molecule is CCN(CCCC(C)(C)C(=N)N)CC1CCC1. The fourth-order valence-electron chi connectivity index (χ4n) is 2.30. The Morgan fingerprint density at radius 2 is 2.06 bits per heavy atom. The minimum Gasteiger partial charge on any atom is -0.387 e. The quantitative estimate of drug-likeness (QED) is 0.505. The minimum absolute atomic E-state index is 0.129. The number of nitrogens with one attached hydrogen (secondary N) is 1. The summed E-state index contributed by atoms with van der Waals surface area (Å²) in [6.45, 7) is 9.96. The van der Waals surface area contributed by atoms with Crippen LogP contribution in [0.2, 0.25) is 0 Å². The van der Waals surface area contributed by atoms with Crippen LogP contribution in [0.4, 0.5) is 0 Å². The Labute approximate surface area is 106 Å². The smallest absolute Gasteiger partial charge is 0.0963 e. The van der Waals surface area contributed by atoms with E-state index >= 15 is 0 Å². The highest BCUT2D eigenvalue weighted by Crippen LogP contribution is 2.27. The Kier molecular flexibility index (Phi) is 5.44. The van der Waals surface area contributed by atoms with Crippen LogP contribution in [0.15, 0.2) is 0 Å². The van der Waals surface area contributed by atoms with Gasteiger partial charge in [-0.2, -0.15) is 0 Å². The fourth-order valence-corrected chi connectivity index (χ4v) is 2.30. The molecule has 1 rings (SSSR count). The summed E-state index contributed by atoms with van der Waals surface area (Å²) in [5.41, 5.74) is 5.47. The zero-order valence-corrected chi connectivity index (χ0v) is 11.8. The molecule has 17 heavy (non-hydrogen) atoms. The molecular formula is C14H29N3. The summed E-state index contributed by atoms with van der Waals surface area (Å²) in [5, 5.41) is 7.54. The lowest BCUT2D eigenvalue weighted by Gasteiger charge is -2.32. The Hall–Kier alpha value is -0.570. The summed E-state index contributed by atoms with van der Waals surface area (Å²) in [7, 11) is 0. The van der Waals surface area contributed by atoms with E-state index in [1.807, 2.05) is 0 Å². The molecule has 100 valence electrons. The van der Waals surface area contributed by atoms with Gasteiger partial charge in [-0.25, -0.2) is 0 Å². The monoisotopic (exact) mass is 239 g/mol. The number of amidine groups is 1. The third kappa shape index (κ3) is 4.66. The van der Waals surface area contributed by atoms with Gasteiger partial charge in [0.05, 0.1) is 5.84 Å². The molecule has 0 atom stereocenters. The summed E-state index contributed by atoms with van der Waals surface area (Å²) in [4.78, 5) is 2.56. The first-order valence-corrected chi connectivity index (χ1v) is 7.02.